The number of carboxylic acid groups (broad SMARTS) is 1. The molecule has 6 heteroatoms. The van der Waals surface area contributed by atoms with Crippen LogP contribution in [0.4, 0.5) is 11.4 Å². The molecule has 1 aliphatic carbocycles. The van der Waals surface area contributed by atoms with Gasteiger partial charge in [-0.2, -0.15) is 0 Å². The van der Waals surface area contributed by atoms with E-state index in [1.54, 1.807) is 36.9 Å². The Morgan fingerprint density at radius 1 is 1.26 bits per heavy atom. The highest BCUT2D eigenvalue weighted by Crippen LogP contribution is 2.58. The molecule has 2 amide bonds. The zero-order valence-corrected chi connectivity index (χ0v) is 13.2. The lowest BCUT2D eigenvalue weighted by Crippen LogP contribution is -2.26. The second-order valence-electron chi connectivity index (χ2n) is 6.77. The number of anilines is 2. The molecular weight excluding hydrogens is 296 g/mol. The third-order valence-corrected chi connectivity index (χ3v) is 4.90. The average Bonchev–Trinajstić information content (AvgIpc) is 2.83. The lowest BCUT2D eigenvalue weighted by molar-refractivity contribution is -0.140. The standard InChI is InChI=1S/C17H20N2O4/c1-17(2)13(14(17)16(22)23)15(21)18-10-6-3-4-7-11(10)19-9-5-8-12(19)20/h3-4,6-7,13-14H,5,8-9H2,1-2H3,(H,18,21)(H,22,23)/t13-,14+/m1/s1. The second kappa shape index (κ2) is 5.37. The van der Waals surface area contributed by atoms with Crippen LogP contribution in [0, 0.1) is 17.3 Å². The number of nitrogens with zero attached hydrogens (tertiary/aromatic N) is 1. The molecule has 1 aromatic rings. The first-order valence-corrected chi connectivity index (χ1v) is 7.77. The lowest BCUT2D eigenvalue weighted by atomic mass is 10.1. The molecule has 2 atom stereocenters. The molecule has 6 nitrogen and oxygen atoms in total. The zero-order valence-electron chi connectivity index (χ0n) is 13.2. The number of para-hydroxylation sites is 2. The van der Waals surface area contributed by atoms with E-state index in [9.17, 15) is 19.5 Å². The third-order valence-electron chi connectivity index (χ3n) is 4.90. The van der Waals surface area contributed by atoms with Crippen LogP contribution in [0.15, 0.2) is 24.3 Å². The van der Waals surface area contributed by atoms with Crippen LogP contribution in [0.25, 0.3) is 0 Å². The number of amides is 2. The van der Waals surface area contributed by atoms with E-state index >= 15 is 0 Å². The van der Waals surface area contributed by atoms with Gasteiger partial charge in [0.1, 0.15) is 0 Å². The summed E-state index contributed by atoms with van der Waals surface area (Å²) in [6, 6.07) is 7.14. The first-order valence-electron chi connectivity index (χ1n) is 7.77. The normalized spacial score (nSPS) is 25.3. The molecule has 1 saturated carbocycles. The van der Waals surface area contributed by atoms with E-state index in [1.807, 2.05) is 6.07 Å². The summed E-state index contributed by atoms with van der Waals surface area (Å²) in [7, 11) is 0. The van der Waals surface area contributed by atoms with Gasteiger partial charge in [0.2, 0.25) is 11.8 Å². The van der Waals surface area contributed by atoms with Crippen molar-refractivity contribution in [2.24, 2.45) is 17.3 Å². The van der Waals surface area contributed by atoms with Crippen LogP contribution in [0.1, 0.15) is 26.7 Å². The third kappa shape index (κ3) is 2.58. The Morgan fingerprint density at radius 3 is 2.52 bits per heavy atom. The van der Waals surface area contributed by atoms with Crippen molar-refractivity contribution in [3.8, 4) is 0 Å². The number of benzene rings is 1. The minimum absolute atomic E-state index is 0.0434. The number of hydrogen-bond acceptors (Lipinski definition) is 3. The first kappa shape index (κ1) is 15.5. The predicted octanol–water partition coefficient (Wildman–Crippen LogP) is 2.11. The molecule has 2 aliphatic rings. The maximum absolute atomic E-state index is 12.5. The number of nitrogens with one attached hydrogen (secondary N) is 1. The lowest BCUT2D eigenvalue weighted by Gasteiger charge is -2.20. The van der Waals surface area contributed by atoms with Gasteiger partial charge in [0.15, 0.2) is 0 Å². The maximum atomic E-state index is 12.5. The Hall–Kier alpha value is -2.37. The first-order chi connectivity index (χ1) is 10.8. The number of hydrogen-bond donors (Lipinski definition) is 2. The van der Waals surface area contributed by atoms with E-state index < -0.39 is 23.2 Å². The summed E-state index contributed by atoms with van der Waals surface area (Å²) >= 11 is 0. The molecule has 2 fully saturated rings. The summed E-state index contributed by atoms with van der Waals surface area (Å²) in [5.74, 6) is -2.42. The Labute approximate surface area is 134 Å². The number of carbonyl (C=O) groups is 3. The van der Waals surface area contributed by atoms with Crippen LogP contribution in [0.3, 0.4) is 0 Å². The Kier molecular flexibility index (Phi) is 3.62. The van der Waals surface area contributed by atoms with Gasteiger partial charge >= 0.3 is 5.97 Å². The van der Waals surface area contributed by atoms with Gasteiger partial charge in [-0.15, -0.1) is 0 Å². The van der Waals surface area contributed by atoms with Gasteiger partial charge in [0.05, 0.1) is 23.2 Å². The van der Waals surface area contributed by atoms with Crippen molar-refractivity contribution in [3.63, 3.8) is 0 Å². The average molecular weight is 316 g/mol. The van der Waals surface area contributed by atoms with Crippen LogP contribution < -0.4 is 10.2 Å². The van der Waals surface area contributed by atoms with E-state index in [0.29, 0.717) is 24.3 Å². The molecule has 1 saturated heterocycles. The van der Waals surface area contributed by atoms with Gasteiger partial charge in [0, 0.05) is 13.0 Å². The minimum Gasteiger partial charge on any atom is -0.481 e. The smallest absolute Gasteiger partial charge is 0.307 e. The zero-order chi connectivity index (χ0) is 16.8. The highest BCUT2D eigenvalue weighted by Gasteiger charge is 2.65. The molecular formula is C17H20N2O4. The summed E-state index contributed by atoms with van der Waals surface area (Å²) in [4.78, 5) is 37.3. The molecule has 0 spiro atoms. The summed E-state index contributed by atoms with van der Waals surface area (Å²) in [5, 5.41) is 12.0. The Bertz CT molecular complexity index is 683. The highest BCUT2D eigenvalue weighted by molar-refractivity contribution is 6.04. The summed E-state index contributed by atoms with van der Waals surface area (Å²) in [6.07, 6.45) is 1.32. The largest absolute Gasteiger partial charge is 0.481 e. The van der Waals surface area contributed by atoms with Crippen molar-refractivity contribution in [1.29, 1.82) is 0 Å². The molecule has 0 bridgehead atoms. The molecule has 1 aliphatic heterocycles. The SMILES string of the molecule is CC1(C)[C@H](C(=O)O)[C@@H]1C(=O)Nc1ccccc1N1CCCC1=O. The molecule has 3 rings (SSSR count). The van der Waals surface area contributed by atoms with Crippen LogP contribution in [0.2, 0.25) is 0 Å². The van der Waals surface area contributed by atoms with Crippen molar-refractivity contribution >= 4 is 29.2 Å². The molecule has 122 valence electrons. The van der Waals surface area contributed by atoms with Crippen LogP contribution in [-0.4, -0.2) is 29.4 Å². The molecule has 0 unspecified atom stereocenters. The number of carboxylic acids is 1. The van der Waals surface area contributed by atoms with Crippen LogP contribution >= 0.6 is 0 Å². The van der Waals surface area contributed by atoms with Crippen LogP contribution in [-0.2, 0) is 14.4 Å². The molecule has 0 radical (unpaired) electrons. The maximum Gasteiger partial charge on any atom is 0.307 e. The van der Waals surface area contributed by atoms with E-state index in [0.717, 1.165) is 6.42 Å². The number of carbonyl (C=O) groups excluding carboxylic acids is 2. The number of aliphatic carboxylic acids is 1. The fourth-order valence-corrected chi connectivity index (χ4v) is 3.52. The topological polar surface area (TPSA) is 86.7 Å². The Balaban J connectivity index is 1.80. The van der Waals surface area contributed by atoms with Crippen LogP contribution in [0.5, 0.6) is 0 Å². The Morgan fingerprint density at radius 2 is 1.96 bits per heavy atom. The van der Waals surface area contributed by atoms with Gasteiger partial charge in [-0.05, 0) is 24.0 Å². The molecule has 0 aromatic heterocycles. The van der Waals surface area contributed by atoms with Crippen molar-refractivity contribution in [2.75, 3.05) is 16.8 Å². The molecule has 23 heavy (non-hydrogen) atoms. The van der Waals surface area contributed by atoms with Gasteiger partial charge in [-0.25, -0.2) is 0 Å². The number of rotatable bonds is 4. The van der Waals surface area contributed by atoms with E-state index in [4.69, 9.17) is 0 Å². The quantitative estimate of drug-likeness (QED) is 0.890. The molecule has 2 N–H and O–H groups in total. The molecule has 1 heterocycles. The van der Waals surface area contributed by atoms with Crippen molar-refractivity contribution in [3.05, 3.63) is 24.3 Å². The summed E-state index contributed by atoms with van der Waals surface area (Å²) in [6.45, 7) is 4.20. The van der Waals surface area contributed by atoms with Crippen molar-refractivity contribution in [2.45, 2.75) is 26.7 Å². The van der Waals surface area contributed by atoms with Gasteiger partial charge < -0.3 is 15.3 Å². The minimum atomic E-state index is -0.946. The van der Waals surface area contributed by atoms with Crippen molar-refractivity contribution in [1.82, 2.24) is 0 Å². The summed E-state index contributed by atoms with van der Waals surface area (Å²) < 4.78 is 0. The fourth-order valence-electron chi connectivity index (χ4n) is 3.52. The van der Waals surface area contributed by atoms with E-state index in [1.165, 1.54) is 0 Å². The predicted molar refractivity (Wildman–Crippen MR) is 85.1 cm³/mol. The van der Waals surface area contributed by atoms with Crippen molar-refractivity contribution < 1.29 is 19.5 Å². The van der Waals surface area contributed by atoms with Gasteiger partial charge in [-0.3, -0.25) is 14.4 Å². The highest BCUT2D eigenvalue weighted by atomic mass is 16.4. The second-order valence-corrected chi connectivity index (χ2v) is 6.77. The monoisotopic (exact) mass is 316 g/mol. The van der Waals surface area contributed by atoms with Gasteiger partial charge in [-0.1, -0.05) is 26.0 Å². The van der Waals surface area contributed by atoms with Gasteiger partial charge in [0.25, 0.3) is 0 Å². The van der Waals surface area contributed by atoms with E-state index in [-0.39, 0.29) is 11.8 Å². The fraction of sp³-hybridized carbons (Fsp3) is 0.471. The summed E-state index contributed by atoms with van der Waals surface area (Å²) in [5.41, 5.74) is 0.683. The van der Waals surface area contributed by atoms with E-state index in [2.05, 4.69) is 5.32 Å². The molecule has 1 aromatic carbocycles.